The number of ether oxygens (including phenoxy) is 1. The quantitative estimate of drug-likeness (QED) is 0.770. The number of hydrogen-bond donors (Lipinski definition) is 2. The molecule has 19 heavy (non-hydrogen) atoms. The first-order chi connectivity index (χ1) is 9.34. The summed E-state index contributed by atoms with van der Waals surface area (Å²) in [7, 11) is 0. The van der Waals surface area contributed by atoms with Crippen LogP contribution in [0.25, 0.3) is 0 Å². The Hall–Kier alpha value is -1.53. The van der Waals surface area contributed by atoms with Gasteiger partial charge in [0.1, 0.15) is 0 Å². The Balaban J connectivity index is 1.57. The Kier molecular flexibility index (Phi) is 5.71. The Morgan fingerprint density at radius 1 is 1.47 bits per heavy atom. The molecule has 0 bridgehead atoms. The number of carbonyl (C=O) groups is 1. The van der Waals surface area contributed by atoms with Gasteiger partial charge in [-0.25, -0.2) is 0 Å². The first-order valence-electron chi connectivity index (χ1n) is 6.70. The van der Waals surface area contributed by atoms with Crippen molar-refractivity contribution in [3.8, 4) is 0 Å². The van der Waals surface area contributed by atoms with Gasteiger partial charge in [-0.1, -0.05) is 0 Å². The molecule has 6 heteroatoms. The van der Waals surface area contributed by atoms with E-state index in [1.165, 1.54) is 0 Å². The molecule has 0 aliphatic carbocycles. The fraction of sp³-hybridized carbons (Fsp3) is 0.615. The average molecular weight is 264 g/mol. The van der Waals surface area contributed by atoms with Gasteiger partial charge in [-0.2, -0.15) is 10.2 Å². The smallest absolute Gasteiger partial charge is 0.222 e. The summed E-state index contributed by atoms with van der Waals surface area (Å²) in [5.41, 5.74) is 0.759. The molecular formula is C13H20N4O2. The monoisotopic (exact) mass is 264 g/mol. The number of hydrogen-bond acceptors (Lipinski definition) is 5. The maximum Gasteiger partial charge on any atom is 0.222 e. The highest BCUT2D eigenvalue weighted by atomic mass is 16.5. The number of rotatable bonds is 6. The molecule has 104 valence electrons. The molecule has 2 heterocycles. The molecule has 0 unspecified atom stereocenters. The Labute approximate surface area is 112 Å². The minimum atomic E-state index is -0.0143. The van der Waals surface area contributed by atoms with Crippen molar-refractivity contribution in [2.24, 2.45) is 0 Å². The van der Waals surface area contributed by atoms with Crippen LogP contribution < -0.4 is 10.6 Å². The summed E-state index contributed by atoms with van der Waals surface area (Å²) in [6.45, 7) is 2.91. The summed E-state index contributed by atoms with van der Waals surface area (Å²) in [5, 5.41) is 13.7. The second-order valence-corrected chi connectivity index (χ2v) is 4.56. The average Bonchev–Trinajstić information content (AvgIpc) is 2.47. The van der Waals surface area contributed by atoms with Gasteiger partial charge in [0.2, 0.25) is 5.91 Å². The molecule has 0 aromatic carbocycles. The summed E-state index contributed by atoms with van der Waals surface area (Å²) >= 11 is 0. The van der Waals surface area contributed by atoms with Gasteiger partial charge < -0.3 is 15.4 Å². The van der Waals surface area contributed by atoms with Crippen LogP contribution in [0.4, 0.5) is 0 Å². The minimum Gasteiger partial charge on any atom is -0.378 e. The zero-order valence-corrected chi connectivity index (χ0v) is 11.0. The molecule has 0 saturated carbocycles. The van der Waals surface area contributed by atoms with Crippen LogP contribution in [0, 0.1) is 0 Å². The van der Waals surface area contributed by atoms with Gasteiger partial charge in [0, 0.05) is 12.6 Å². The first-order valence-corrected chi connectivity index (χ1v) is 6.70. The molecule has 0 atom stereocenters. The summed E-state index contributed by atoms with van der Waals surface area (Å²) in [4.78, 5) is 11.6. The van der Waals surface area contributed by atoms with E-state index in [4.69, 9.17) is 4.74 Å². The summed E-state index contributed by atoms with van der Waals surface area (Å²) in [6, 6.07) is 3.63. The first kappa shape index (κ1) is 13.9. The molecule has 1 aliphatic rings. The van der Waals surface area contributed by atoms with Gasteiger partial charge in [0.25, 0.3) is 0 Å². The molecule has 2 rings (SSSR count). The summed E-state index contributed by atoms with van der Waals surface area (Å²) in [6.07, 6.45) is 4.36. The van der Waals surface area contributed by atoms with Crippen molar-refractivity contribution in [3.05, 3.63) is 24.0 Å². The molecule has 1 aliphatic heterocycles. The highest BCUT2D eigenvalue weighted by Crippen LogP contribution is 2.07. The van der Waals surface area contributed by atoms with Crippen LogP contribution in [-0.2, 0) is 16.1 Å². The van der Waals surface area contributed by atoms with E-state index < -0.39 is 0 Å². The molecule has 1 amide bonds. The number of aromatic nitrogens is 2. The van der Waals surface area contributed by atoms with E-state index in [0.29, 0.717) is 25.7 Å². The van der Waals surface area contributed by atoms with E-state index in [1.54, 1.807) is 12.3 Å². The summed E-state index contributed by atoms with van der Waals surface area (Å²) < 4.78 is 5.68. The number of carbonyl (C=O) groups excluding carboxylic acids is 1. The van der Waals surface area contributed by atoms with Crippen LogP contribution in [0.2, 0.25) is 0 Å². The van der Waals surface area contributed by atoms with Crippen molar-refractivity contribution >= 4 is 5.91 Å². The molecular weight excluding hydrogens is 244 g/mol. The van der Waals surface area contributed by atoms with E-state index in [9.17, 15) is 4.79 Å². The van der Waals surface area contributed by atoms with E-state index in [2.05, 4.69) is 20.8 Å². The largest absolute Gasteiger partial charge is 0.378 e. The van der Waals surface area contributed by atoms with E-state index in [-0.39, 0.29) is 5.91 Å². The molecule has 0 spiro atoms. The van der Waals surface area contributed by atoms with Gasteiger partial charge in [0.05, 0.1) is 24.9 Å². The molecule has 1 aromatic rings. The maximum atomic E-state index is 11.6. The fourth-order valence-corrected chi connectivity index (χ4v) is 1.99. The van der Waals surface area contributed by atoms with Crippen LogP contribution in [0.3, 0.4) is 0 Å². The van der Waals surface area contributed by atoms with Crippen LogP contribution in [0.5, 0.6) is 0 Å². The Morgan fingerprint density at radius 2 is 2.32 bits per heavy atom. The van der Waals surface area contributed by atoms with Crippen molar-refractivity contribution < 1.29 is 9.53 Å². The highest BCUT2D eigenvalue weighted by Gasteiger charge is 2.13. The van der Waals surface area contributed by atoms with Gasteiger partial charge >= 0.3 is 0 Å². The lowest BCUT2D eigenvalue weighted by Gasteiger charge is -2.22. The number of amides is 1. The highest BCUT2D eigenvalue weighted by molar-refractivity contribution is 5.75. The molecule has 0 radical (unpaired) electrons. The lowest BCUT2D eigenvalue weighted by molar-refractivity contribution is -0.122. The standard InChI is InChI=1S/C13H20N4O2/c18-13(15-10-11-2-1-6-16-17-11)5-9-19-12-3-7-14-8-4-12/h1-2,6,12,14H,3-5,7-10H2,(H,15,18). The van der Waals surface area contributed by atoms with Gasteiger partial charge in [-0.05, 0) is 38.1 Å². The minimum absolute atomic E-state index is 0.0143. The van der Waals surface area contributed by atoms with Crippen molar-refractivity contribution in [1.82, 2.24) is 20.8 Å². The maximum absolute atomic E-state index is 11.6. The third-order valence-corrected chi connectivity index (χ3v) is 3.06. The fourth-order valence-electron chi connectivity index (χ4n) is 1.99. The van der Waals surface area contributed by atoms with Gasteiger partial charge in [-0.15, -0.1) is 0 Å². The second kappa shape index (κ2) is 7.81. The Bertz CT molecular complexity index is 379. The van der Waals surface area contributed by atoms with Crippen molar-refractivity contribution in [2.75, 3.05) is 19.7 Å². The predicted molar refractivity (Wildman–Crippen MR) is 70.3 cm³/mol. The third-order valence-electron chi connectivity index (χ3n) is 3.06. The predicted octanol–water partition coefficient (Wildman–Crippen LogP) is 0.252. The lowest BCUT2D eigenvalue weighted by Crippen LogP contribution is -2.33. The molecule has 2 N–H and O–H groups in total. The van der Waals surface area contributed by atoms with E-state index in [1.807, 2.05) is 6.07 Å². The number of nitrogens with zero attached hydrogens (tertiary/aromatic N) is 2. The number of piperidine rings is 1. The molecule has 6 nitrogen and oxygen atoms in total. The van der Waals surface area contributed by atoms with Crippen LogP contribution in [-0.4, -0.2) is 41.9 Å². The lowest BCUT2D eigenvalue weighted by atomic mass is 10.1. The van der Waals surface area contributed by atoms with Gasteiger partial charge in [0.15, 0.2) is 0 Å². The van der Waals surface area contributed by atoms with Crippen molar-refractivity contribution in [3.63, 3.8) is 0 Å². The zero-order chi connectivity index (χ0) is 13.3. The van der Waals surface area contributed by atoms with Crippen molar-refractivity contribution in [2.45, 2.75) is 31.9 Å². The zero-order valence-electron chi connectivity index (χ0n) is 11.0. The summed E-state index contributed by atoms with van der Waals surface area (Å²) in [5.74, 6) is -0.0143. The van der Waals surface area contributed by atoms with Crippen LogP contribution >= 0.6 is 0 Å². The second-order valence-electron chi connectivity index (χ2n) is 4.56. The topological polar surface area (TPSA) is 76.1 Å². The SMILES string of the molecule is O=C(CCOC1CCNCC1)NCc1cccnn1. The molecule has 1 aromatic heterocycles. The van der Waals surface area contributed by atoms with E-state index in [0.717, 1.165) is 31.6 Å². The number of nitrogens with one attached hydrogen (secondary N) is 2. The third kappa shape index (κ3) is 5.32. The normalized spacial score (nSPS) is 16.2. The van der Waals surface area contributed by atoms with Crippen molar-refractivity contribution in [1.29, 1.82) is 0 Å². The van der Waals surface area contributed by atoms with E-state index >= 15 is 0 Å². The van der Waals surface area contributed by atoms with Crippen LogP contribution in [0.1, 0.15) is 25.0 Å². The molecule has 1 fully saturated rings. The molecule has 1 saturated heterocycles. The Morgan fingerprint density at radius 3 is 3.05 bits per heavy atom. The van der Waals surface area contributed by atoms with Crippen LogP contribution in [0.15, 0.2) is 18.3 Å². The van der Waals surface area contributed by atoms with Gasteiger partial charge in [-0.3, -0.25) is 4.79 Å².